The molecule has 0 aromatic carbocycles. The minimum Gasteiger partial charge on any atom is -0.368 e. The van der Waals surface area contributed by atoms with Gasteiger partial charge in [0.05, 0.1) is 6.04 Å². The second-order valence-electron chi connectivity index (χ2n) is 4.14. The van der Waals surface area contributed by atoms with Crippen LogP contribution >= 0.6 is 0 Å². The molecule has 5 heteroatoms. The van der Waals surface area contributed by atoms with Crippen molar-refractivity contribution in [1.82, 2.24) is 10.2 Å². The van der Waals surface area contributed by atoms with Gasteiger partial charge in [0.25, 0.3) is 0 Å². The first-order valence-electron chi connectivity index (χ1n) is 5.41. The fourth-order valence-electron chi connectivity index (χ4n) is 1.07. The van der Waals surface area contributed by atoms with Gasteiger partial charge < -0.3 is 21.7 Å². The van der Waals surface area contributed by atoms with Gasteiger partial charge in [0.1, 0.15) is 0 Å². The van der Waals surface area contributed by atoms with E-state index < -0.39 is 11.9 Å². The van der Waals surface area contributed by atoms with Crippen LogP contribution in [0.2, 0.25) is 0 Å². The van der Waals surface area contributed by atoms with E-state index in [9.17, 15) is 4.79 Å². The molecule has 0 heterocycles. The lowest BCUT2D eigenvalue weighted by Gasteiger charge is -2.20. The maximum atomic E-state index is 10.6. The number of amides is 1. The summed E-state index contributed by atoms with van der Waals surface area (Å²) >= 11 is 0. The SMILES string of the molecule is CC(C)N(C)CCCNCC(N)C(N)=O. The Labute approximate surface area is 92.2 Å². The predicted octanol–water partition coefficient (Wildman–Crippen LogP) is -0.881. The molecule has 5 N–H and O–H groups in total. The molecule has 1 atom stereocenters. The van der Waals surface area contributed by atoms with Gasteiger partial charge in [-0.05, 0) is 40.4 Å². The van der Waals surface area contributed by atoms with Crippen molar-refractivity contribution < 1.29 is 4.79 Å². The number of carbonyl (C=O) groups excluding carboxylic acids is 1. The van der Waals surface area contributed by atoms with E-state index in [1.165, 1.54) is 0 Å². The largest absolute Gasteiger partial charge is 0.368 e. The Bertz CT molecular complexity index is 184. The molecule has 0 aromatic rings. The highest BCUT2D eigenvalue weighted by Crippen LogP contribution is 1.93. The molecule has 15 heavy (non-hydrogen) atoms. The van der Waals surface area contributed by atoms with Crippen LogP contribution in [0.4, 0.5) is 0 Å². The van der Waals surface area contributed by atoms with Crippen LogP contribution in [0.25, 0.3) is 0 Å². The Hall–Kier alpha value is -0.650. The molecule has 0 aliphatic carbocycles. The maximum Gasteiger partial charge on any atom is 0.235 e. The van der Waals surface area contributed by atoms with Crippen molar-refractivity contribution in [2.24, 2.45) is 11.5 Å². The number of nitrogens with two attached hydrogens (primary N) is 2. The highest BCUT2D eigenvalue weighted by atomic mass is 16.1. The number of hydrogen-bond acceptors (Lipinski definition) is 4. The molecule has 0 saturated heterocycles. The Morgan fingerprint density at radius 3 is 2.53 bits per heavy atom. The van der Waals surface area contributed by atoms with Gasteiger partial charge in [0.15, 0.2) is 0 Å². The first-order valence-corrected chi connectivity index (χ1v) is 5.41. The summed E-state index contributed by atoms with van der Waals surface area (Å²) < 4.78 is 0. The van der Waals surface area contributed by atoms with Crippen molar-refractivity contribution in [3.05, 3.63) is 0 Å². The van der Waals surface area contributed by atoms with E-state index in [-0.39, 0.29) is 0 Å². The first kappa shape index (κ1) is 14.3. The third kappa shape index (κ3) is 7.30. The van der Waals surface area contributed by atoms with Crippen molar-refractivity contribution in [3.8, 4) is 0 Å². The van der Waals surface area contributed by atoms with Gasteiger partial charge in [-0.2, -0.15) is 0 Å². The van der Waals surface area contributed by atoms with E-state index in [4.69, 9.17) is 11.5 Å². The molecule has 0 bridgehead atoms. The monoisotopic (exact) mass is 216 g/mol. The van der Waals surface area contributed by atoms with E-state index >= 15 is 0 Å². The Morgan fingerprint density at radius 1 is 1.47 bits per heavy atom. The molecular formula is C10H24N4O. The molecule has 1 unspecified atom stereocenters. The zero-order valence-corrected chi connectivity index (χ0v) is 9.99. The quantitative estimate of drug-likeness (QED) is 0.460. The van der Waals surface area contributed by atoms with Gasteiger partial charge in [-0.25, -0.2) is 0 Å². The van der Waals surface area contributed by atoms with E-state index in [0.29, 0.717) is 12.6 Å². The lowest BCUT2D eigenvalue weighted by atomic mass is 10.3. The smallest absolute Gasteiger partial charge is 0.235 e. The Morgan fingerprint density at radius 2 is 2.07 bits per heavy atom. The lowest BCUT2D eigenvalue weighted by molar-refractivity contribution is -0.119. The van der Waals surface area contributed by atoms with Gasteiger partial charge >= 0.3 is 0 Å². The summed E-state index contributed by atoms with van der Waals surface area (Å²) in [6.45, 7) is 6.68. The van der Waals surface area contributed by atoms with Crippen LogP contribution < -0.4 is 16.8 Å². The van der Waals surface area contributed by atoms with Crippen molar-refractivity contribution in [2.75, 3.05) is 26.7 Å². The van der Waals surface area contributed by atoms with Crippen LogP contribution in [0, 0.1) is 0 Å². The van der Waals surface area contributed by atoms with Crippen molar-refractivity contribution >= 4 is 5.91 Å². The summed E-state index contributed by atoms with van der Waals surface area (Å²) in [5, 5.41) is 3.11. The van der Waals surface area contributed by atoms with Gasteiger partial charge in [-0.3, -0.25) is 4.79 Å². The topological polar surface area (TPSA) is 84.4 Å². The normalized spacial score (nSPS) is 13.5. The molecule has 0 aromatic heterocycles. The standard InChI is InChI=1S/C10H24N4O/c1-8(2)14(3)6-4-5-13-7-9(11)10(12)15/h8-9,13H,4-7,11H2,1-3H3,(H2,12,15). The molecule has 90 valence electrons. The highest BCUT2D eigenvalue weighted by Gasteiger charge is 2.07. The molecule has 0 radical (unpaired) electrons. The van der Waals surface area contributed by atoms with Gasteiger partial charge in [0, 0.05) is 12.6 Å². The van der Waals surface area contributed by atoms with E-state index in [1.807, 2.05) is 0 Å². The third-order valence-corrected chi connectivity index (χ3v) is 2.48. The molecule has 5 nitrogen and oxygen atoms in total. The number of nitrogens with one attached hydrogen (secondary N) is 1. The van der Waals surface area contributed by atoms with Crippen LogP contribution in [0.3, 0.4) is 0 Å². The molecular weight excluding hydrogens is 192 g/mol. The molecule has 0 spiro atoms. The van der Waals surface area contributed by atoms with E-state index in [2.05, 4.69) is 31.1 Å². The van der Waals surface area contributed by atoms with Crippen LogP contribution in [0.5, 0.6) is 0 Å². The summed E-state index contributed by atoms with van der Waals surface area (Å²) in [5.74, 6) is -0.457. The van der Waals surface area contributed by atoms with Gasteiger partial charge in [-0.1, -0.05) is 0 Å². The molecule has 0 saturated carbocycles. The fourth-order valence-corrected chi connectivity index (χ4v) is 1.07. The van der Waals surface area contributed by atoms with Crippen LogP contribution in [-0.4, -0.2) is 49.6 Å². The second-order valence-corrected chi connectivity index (χ2v) is 4.14. The van der Waals surface area contributed by atoms with Crippen molar-refractivity contribution in [2.45, 2.75) is 32.4 Å². The highest BCUT2D eigenvalue weighted by molar-refractivity contribution is 5.79. The Kier molecular flexibility index (Phi) is 7.29. The fraction of sp³-hybridized carbons (Fsp3) is 0.900. The number of primary amides is 1. The summed E-state index contributed by atoms with van der Waals surface area (Å²) in [6, 6.07) is -0.00861. The number of carbonyl (C=O) groups is 1. The van der Waals surface area contributed by atoms with Gasteiger partial charge in [-0.15, -0.1) is 0 Å². The minimum absolute atomic E-state index is 0.457. The van der Waals surface area contributed by atoms with Crippen LogP contribution in [0.1, 0.15) is 20.3 Å². The number of nitrogens with zero attached hydrogens (tertiary/aromatic N) is 1. The molecule has 0 fully saturated rings. The summed E-state index contributed by atoms with van der Waals surface area (Å²) in [7, 11) is 2.10. The minimum atomic E-state index is -0.576. The predicted molar refractivity (Wildman–Crippen MR) is 62.4 cm³/mol. The summed E-state index contributed by atoms with van der Waals surface area (Å²) in [6.07, 6.45) is 1.04. The van der Waals surface area contributed by atoms with Crippen molar-refractivity contribution in [3.63, 3.8) is 0 Å². The Balaban J connectivity index is 3.36. The number of hydrogen-bond donors (Lipinski definition) is 3. The average molecular weight is 216 g/mol. The molecule has 0 aliphatic rings. The van der Waals surface area contributed by atoms with E-state index in [1.54, 1.807) is 0 Å². The van der Waals surface area contributed by atoms with E-state index in [0.717, 1.165) is 19.5 Å². The number of rotatable bonds is 8. The van der Waals surface area contributed by atoms with Crippen LogP contribution in [-0.2, 0) is 4.79 Å². The maximum absolute atomic E-state index is 10.6. The van der Waals surface area contributed by atoms with Crippen molar-refractivity contribution in [1.29, 1.82) is 0 Å². The average Bonchev–Trinajstić information content (AvgIpc) is 2.16. The van der Waals surface area contributed by atoms with Crippen LogP contribution in [0.15, 0.2) is 0 Å². The zero-order valence-electron chi connectivity index (χ0n) is 9.99. The lowest BCUT2D eigenvalue weighted by Crippen LogP contribution is -2.44. The summed E-state index contributed by atoms with van der Waals surface area (Å²) in [5.41, 5.74) is 10.5. The first-order chi connectivity index (χ1) is 6.95. The second kappa shape index (κ2) is 7.62. The zero-order chi connectivity index (χ0) is 11.8. The molecule has 1 amide bonds. The third-order valence-electron chi connectivity index (χ3n) is 2.48. The molecule has 0 aliphatic heterocycles. The summed E-state index contributed by atoms with van der Waals surface area (Å²) in [4.78, 5) is 12.9. The molecule has 0 rings (SSSR count). The van der Waals surface area contributed by atoms with Gasteiger partial charge in [0.2, 0.25) is 5.91 Å².